The molecule has 0 saturated carbocycles. The highest BCUT2D eigenvalue weighted by Crippen LogP contribution is 2.22. The van der Waals surface area contributed by atoms with E-state index in [1.165, 1.54) is 0 Å². The van der Waals surface area contributed by atoms with Crippen molar-refractivity contribution in [2.24, 2.45) is 0 Å². The molecule has 19 heavy (non-hydrogen) atoms. The maximum atomic E-state index is 10.9. The fraction of sp³-hybridized carbons (Fsp3) is 0.0769. The lowest BCUT2D eigenvalue weighted by Crippen LogP contribution is -2.05. The van der Waals surface area contributed by atoms with Crippen LogP contribution in [0.5, 0.6) is 0 Å². The molecule has 6 heteroatoms. The summed E-state index contributed by atoms with van der Waals surface area (Å²) in [7, 11) is 0. The van der Waals surface area contributed by atoms with E-state index in [0.717, 1.165) is 16.6 Å². The molecule has 6 nitrogen and oxygen atoms in total. The number of aromatic amines is 1. The molecule has 0 radical (unpaired) electrons. The van der Waals surface area contributed by atoms with Gasteiger partial charge in [0.15, 0.2) is 5.69 Å². The number of rotatable bonds is 2. The molecule has 0 atom stereocenters. The molecular weight excluding hydrogens is 244 g/mol. The second-order valence-corrected chi connectivity index (χ2v) is 4.20. The fourth-order valence-electron chi connectivity index (χ4n) is 1.93. The van der Waals surface area contributed by atoms with Crippen LogP contribution in [-0.2, 0) is 0 Å². The molecule has 0 saturated heterocycles. The normalized spacial score (nSPS) is 10.8. The third-order valence-electron chi connectivity index (χ3n) is 2.90. The summed E-state index contributed by atoms with van der Waals surface area (Å²) in [4.78, 5) is 18.1. The molecule has 94 valence electrons. The molecule has 0 aliphatic rings. The minimum atomic E-state index is -1.07. The van der Waals surface area contributed by atoms with Crippen molar-refractivity contribution in [1.82, 2.24) is 20.2 Å². The van der Waals surface area contributed by atoms with Gasteiger partial charge in [0, 0.05) is 5.56 Å². The van der Waals surface area contributed by atoms with Crippen LogP contribution < -0.4 is 0 Å². The number of fused-ring (bicyclic) bond motifs is 1. The molecule has 0 spiro atoms. The van der Waals surface area contributed by atoms with Crippen LogP contribution >= 0.6 is 0 Å². The van der Waals surface area contributed by atoms with E-state index in [0.29, 0.717) is 11.3 Å². The average Bonchev–Trinajstić information content (AvgIpc) is 2.85. The van der Waals surface area contributed by atoms with Crippen molar-refractivity contribution < 1.29 is 9.90 Å². The molecule has 2 aromatic heterocycles. The summed E-state index contributed by atoms with van der Waals surface area (Å²) in [6, 6.07) is 7.39. The number of carbonyl (C=O) groups is 1. The monoisotopic (exact) mass is 254 g/mol. The van der Waals surface area contributed by atoms with Crippen LogP contribution in [0.2, 0.25) is 0 Å². The van der Waals surface area contributed by atoms with Gasteiger partial charge in [0.05, 0.1) is 23.1 Å². The van der Waals surface area contributed by atoms with Crippen LogP contribution in [-0.4, -0.2) is 31.2 Å². The Morgan fingerprint density at radius 1 is 1.26 bits per heavy atom. The Bertz CT molecular complexity index is 779. The third-order valence-corrected chi connectivity index (χ3v) is 2.90. The van der Waals surface area contributed by atoms with Crippen LogP contribution in [0.3, 0.4) is 0 Å². The van der Waals surface area contributed by atoms with E-state index in [9.17, 15) is 4.79 Å². The maximum absolute atomic E-state index is 10.9. The lowest BCUT2D eigenvalue weighted by molar-refractivity contribution is 0.0688. The molecule has 0 fully saturated rings. The van der Waals surface area contributed by atoms with E-state index in [1.54, 1.807) is 19.3 Å². The van der Waals surface area contributed by atoms with E-state index in [4.69, 9.17) is 5.11 Å². The van der Waals surface area contributed by atoms with E-state index in [1.807, 2.05) is 18.2 Å². The summed E-state index contributed by atoms with van der Waals surface area (Å²) < 4.78 is 0. The third kappa shape index (κ3) is 1.93. The molecular formula is C13H10N4O2. The van der Waals surface area contributed by atoms with Gasteiger partial charge in [-0.2, -0.15) is 0 Å². The SMILES string of the molecule is Cc1cc(-c2ccc3nc[nH]c3c2)nnc1C(=O)O. The summed E-state index contributed by atoms with van der Waals surface area (Å²) in [5, 5.41) is 16.6. The van der Waals surface area contributed by atoms with Crippen molar-refractivity contribution in [2.75, 3.05) is 0 Å². The zero-order valence-corrected chi connectivity index (χ0v) is 10.1. The number of nitrogens with zero attached hydrogens (tertiary/aromatic N) is 3. The van der Waals surface area contributed by atoms with Gasteiger partial charge in [0.1, 0.15) is 0 Å². The standard InChI is InChI=1S/C13H10N4O2/c1-7-4-10(16-17-12(7)13(18)19)8-2-3-9-11(5-8)15-6-14-9/h2-6H,1H3,(H,14,15)(H,18,19). The van der Waals surface area contributed by atoms with Gasteiger partial charge in [0.25, 0.3) is 0 Å². The summed E-state index contributed by atoms with van der Waals surface area (Å²) in [5.41, 5.74) is 3.84. The van der Waals surface area contributed by atoms with Gasteiger partial charge in [-0.05, 0) is 30.7 Å². The number of carboxylic acids is 1. The smallest absolute Gasteiger partial charge is 0.356 e. The first-order valence-electron chi connectivity index (χ1n) is 5.66. The van der Waals surface area contributed by atoms with Gasteiger partial charge in [-0.25, -0.2) is 9.78 Å². The lowest BCUT2D eigenvalue weighted by atomic mass is 10.1. The van der Waals surface area contributed by atoms with Crippen LogP contribution in [0.1, 0.15) is 16.1 Å². The highest BCUT2D eigenvalue weighted by Gasteiger charge is 2.11. The number of aromatic nitrogens is 4. The van der Waals surface area contributed by atoms with Crippen molar-refractivity contribution in [3.8, 4) is 11.3 Å². The topological polar surface area (TPSA) is 91.8 Å². The first kappa shape index (κ1) is 11.3. The van der Waals surface area contributed by atoms with Crippen LogP contribution in [0.25, 0.3) is 22.3 Å². The van der Waals surface area contributed by atoms with E-state index < -0.39 is 5.97 Å². The summed E-state index contributed by atoms with van der Waals surface area (Å²) >= 11 is 0. The van der Waals surface area contributed by atoms with E-state index >= 15 is 0 Å². The lowest BCUT2D eigenvalue weighted by Gasteiger charge is -2.03. The number of carboxylic acid groups (broad SMARTS) is 1. The van der Waals surface area contributed by atoms with Crippen molar-refractivity contribution >= 4 is 17.0 Å². The number of aryl methyl sites for hydroxylation is 1. The number of hydrogen-bond acceptors (Lipinski definition) is 4. The first-order chi connectivity index (χ1) is 9.15. The Morgan fingerprint density at radius 3 is 2.84 bits per heavy atom. The molecule has 3 rings (SSSR count). The molecule has 0 unspecified atom stereocenters. The number of H-pyrrole nitrogens is 1. The molecule has 0 amide bonds. The maximum Gasteiger partial charge on any atom is 0.356 e. The Hall–Kier alpha value is -2.76. The zero-order valence-electron chi connectivity index (χ0n) is 10.1. The average molecular weight is 254 g/mol. The van der Waals surface area contributed by atoms with Crippen molar-refractivity contribution in [3.63, 3.8) is 0 Å². The number of imidazole rings is 1. The molecule has 0 aliphatic heterocycles. The zero-order chi connectivity index (χ0) is 13.4. The van der Waals surface area contributed by atoms with Gasteiger partial charge in [-0.3, -0.25) is 0 Å². The van der Waals surface area contributed by atoms with Crippen molar-refractivity contribution in [3.05, 3.63) is 41.9 Å². The molecule has 0 bridgehead atoms. The van der Waals surface area contributed by atoms with Crippen LogP contribution in [0.4, 0.5) is 0 Å². The Balaban J connectivity index is 2.10. The molecule has 2 heterocycles. The molecule has 0 aliphatic carbocycles. The number of hydrogen-bond donors (Lipinski definition) is 2. The first-order valence-corrected chi connectivity index (χ1v) is 5.66. The Kier molecular flexibility index (Phi) is 2.49. The van der Waals surface area contributed by atoms with E-state index in [-0.39, 0.29) is 5.69 Å². The van der Waals surface area contributed by atoms with Gasteiger partial charge in [-0.15, -0.1) is 10.2 Å². The highest BCUT2D eigenvalue weighted by molar-refractivity contribution is 5.87. The summed E-state index contributed by atoms with van der Waals surface area (Å²) in [6.45, 7) is 1.70. The Morgan fingerprint density at radius 2 is 2.11 bits per heavy atom. The predicted octanol–water partition coefficient (Wildman–Crippen LogP) is 2.03. The van der Waals surface area contributed by atoms with Crippen molar-refractivity contribution in [1.29, 1.82) is 0 Å². The largest absolute Gasteiger partial charge is 0.476 e. The van der Waals surface area contributed by atoms with Gasteiger partial charge >= 0.3 is 5.97 Å². The number of benzene rings is 1. The predicted molar refractivity (Wildman–Crippen MR) is 68.8 cm³/mol. The highest BCUT2D eigenvalue weighted by atomic mass is 16.4. The van der Waals surface area contributed by atoms with Crippen molar-refractivity contribution in [2.45, 2.75) is 6.92 Å². The number of aromatic carboxylic acids is 1. The summed E-state index contributed by atoms with van der Waals surface area (Å²) in [5.74, 6) is -1.07. The second-order valence-electron chi connectivity index (χ2n) is 4.20. The van der Waals surface area contributed by atoms with Gasteiger partial charge < -0.3 is 10.1 Å². The minimum Gasteiger partial charge on any atom is -0.476 e. The molecule has 2 N–H and O–H groups in total. The fourth-order valence-corrected chi connectivity index (χ4v) is 1.93. The quantitative estimate of drug-likeness (QED) is 0.730. The number of nitrogens with one attached hydrogen (secondary N) is 1. The molecule has 1 aromatic carbocycles. The van der Waals surface area contributed by atoms with Crippen LogP contribution in [0, 0.1) is 6.92 Å². The molecule has 3 aromatic rings. The van der Waals surface area contributed by atoms with Crippen LogP contribution in [0.15, 0.2) is 30.6 Å². The summed E-state index contributed by atoms with van der Waals surface area (Å²) in [6.07, 6.45) is 1.62. The Labute approximate surface area is 108 Å². The van der Waals surface area contributed by atoms with Gasteiger partial charge in [0.2, 0.25) is 0 Å². The van der Waals surface area contributed by atoms with Gasteiger partial charge in [-0.1, -0.05) is 6.07 Å². The minimum absolute atomic E-state index is 0.0219. The second kappa shape index (κ2) is 4.16. The van der Waals surface area contributed by atoms with E-state index in [2.05, 4.69) is 20.2 Å².